The molecule has 0 radical (unpaired) electrons. The Hall–Kier alpha value is -5.78. The molecule has 1 saturated heterocycles. The van der Waals surface area contributed by atoms with E-state index in [1.807, 2.05) is 30.4 Å². The number of allylic oxidation sites excluding steroid dienone is 15. The molecule has 0 aromatic heterocycles. The lowest BCUT2D eigenvalue weighted by Crippen LogP contribution is -2.54. The summed E-state index contributed by atoms with van der Waals surface area (Å²) < 4.78 is 17.0. The number of hydrogen-bond donors (Lipinski definition) is 3. The zero-order valence-electron chi connectivity index (χ0n) is 31.2. The van der Waals surface area contributed by atoms with Crippen LogP contribution in [0.1, 0.15) is 39.0 Å². The first-order valence-corrected chi connectivity index (χ1v) is 17.8. The fraction of sp³-hybridized carbons (Fsp3) is 0.302. The minimum atomic E-state index is -0.994. The molecule has 54 heavy (non-hydrogen) atoms. The third-order valence-corrected chi connectivity index (χ3v) is 7.90. The Bertz CT molecular complexity index is 1670. The molecule has 288 valence electrons. The minimum absolute atomic E-state index is 0.0677. The van der Waals surface area contributed by atoms with Gasteiger partial charge < -0.3 is 24.6 Å². The first-order valence-electron chi connectivity index (χ1n) is 17.8. The molecule has 4 amide bonds. The van der Waals surface area contributed by atoms with E-state index in [0.29, 0.717) is 51.0 Å². The predicted molar refractivity (Wildman–Crippen MR) is 212 cm³/mol. The number of nitrogens with zero attached hydrogens (tertiary/aromatic N) is 1. The number of imide groups is 2. The summed E-state index contributed by atoms with van der Waals surface area (Å²) in [4.78, 5) is 49.5. The van der Waals surface area contributed by atoms with E-state index < -0.39 is 29.7 Å². The summed E-state index contributed by atoms with van der Waals surface area (Å²) in [6.07, 6.45) is 25.6. The summed E-state index contributed by atoms with van der Waals surface area (Å²) in [7, 11) is 0. The molecule has 1 atom stereocenters. The number of rotatable bonds is 26. The van der Waals surface area contributed by atoms with Gasteiger partial charge >= 0.3 is 0 Å². The normalized spacial score (nSPS) is 17.2. The Kier molecular flexibility index (Phi) is 20.7. The van der Waals surface area contributed by atoms with Crippen molar-refractivity contribution in [1.82, 2.24) is 15.5 Å². The van der Waals surface area contributed by atoms with Crippen LogP contribution in [-0.4, -0.2) is 79.3 Å². The van der Waals surface area contributed by atoms with E-state index in [9.17, 15) is 24.3 Å². The maximum absolute atomic E-state index is 12.7. The lowest BCUT2D eigenvalue weighted by atomic mass is 9.91. The summed E-state index contributed by atoms with van der Waals surface area (Å²) in [5, 5.41) is 14.5. The number of aliphatic hydroxyl groups excluding tert-OH is 1. The van der Waals surface area contributed by atoms with Crippen molar-refractivity contribution in [3.63, 3.8) is 0 Å². The van der Waals surface area contributed by atoms with Crippen molar-refractivity contribution in [3.8, 4) is 0 Å². The topological polar surface area (TPSA) is 143 Å². The smallest absolute Gasteiger partial charge is 0.261 e. The van der Waals surface area contributed by atoms with Crippen LogP contribution in [0.4, 0.5) is 0 Å². The molecule has 0 aromatic rings. The first kappa shape index (κ1) is 44.4. The van der Waals surface area contributed by atoms with Gasteiger partial charge in [-0.25, -0.2) is 0 Å². The van der Waals surface area contributed by atoms with Gasteiger partial charge in [-0.05, 0) is 72.3 Å². The van der Waals surface area contributed by atoms with Gasteiger partial charge in [0.25, 0.3) is 11.8 Å². The molecule has 11 heteroatoms. The molecular formula is C43H53N3O8. The van der Waals surface area contributed by atoms with Crippen LogP contribution in [0.15, 0.2) is 157 Å². The Morgan fingerprint density at radius 2 is 1.69 bits per heavy atom. The second-order valence-electron chi connectivity index (χ2n) is 11.9. The molecule has 0 aliphatic carbocycles. The van der Waals surface area contributed by atoms with Gasteiger partial charge in [-0.3, -0.25) is 29.4 Å². The molecule has 0 bridgehead atoms. The average molecular weight is 740 g/mol. The van der Waals surface area contributed by atoms with Crippen molar-refractivity contribution < 1.29 is 38.5 Å². The molecular weight excluding hydrogens is 686 g/mol. The van der Waals surface area contributed by atoms with E-state index in [4.69, 9.17) is 14.2 Å². The zero-order valence-corrected chi connectivity index (χ0v) is 31.2. The summed E-state index contributed by atoms with van der Waals surface area (Å²) in [6, 6.07) is -0.994. The van der Waals surface area contributed by atoms with E-state index in [-0.39, 0.29) is 18.4 Å². The molecule has 0 saturated carbocycles. The van der Waals surface area contributed by atoms with Crippen molar-refractivity contribution in [1.29, 1.82) is 0 Å². The van der Waals surface area contributed by atoms with Crippen molar-refractivity contribution >= 4 is 23.6 Å². The van der Waals surface area contributed by atoms with E-state index in [2.05, 4.69) is 50.5 Å². The van der Waals surface area contributed by atoms with Gasteiger partial charge in [0, 0.05) is 50.1 Å². The molecule has 2 heterocycles. The molecule has 1 unspecified atom stereocenters. The highest BCUT2D eigenvalue weighted by molar-refractivity contribution is 6.20. The van der Waals surface area contributed by atoms with Gasteiger partial charge in [-0.1, -0.05) is 88.4 Å². The number of amides is 4. The number of nitrogens with one attached hydrogen (secondary N) is 2. The predicted octanol–water partition coefficient (Wildman–Crippen LogP) is 6.39. The van der Waals surface area contributed by atoms with Crippen LogP contribution in [-0.2, 0) is 33.4 Å². The highest BCUT2D eigenvalue weighted by atomic mass is 16.5. The summed E-state index contributed by atoms with van der Waals surface area (Å²) in [5.41, 5.74) is 4.15. The average Bonchev–Trinajstić information content (AvgIpc) is 3.44. The van der Waals surface area contributed by atoms with Crippen molar-refractivity contribution in [3.05, 3.63) is 157 Å². The van der Waals surface area contributed by atoms with Crippen LogP contribution in [0.25, 0.3) is 0 Å². The molecule has 2 aliphatic heterocycles. The molecule has 1 fully saturated rings. The van der Waals surface area contributed by atoms with E-state index in [0.717, 1.165) is 52.7 Å². The molecule has 0 aromatic carbocycles. The Morgan fingerprint density at radius 3 is 2.37 bits per heavy atom. The van der Waals surface area contributed by atoms with Gasteiger partial charge in [0.2, 0.25) is 11.8 Å². The number of ether oxygens (including phenoxy) is 3. The van der Waals surface area contributed by atoms with Crippen LogP contribution in [0.5, 0.6) is 0 Å². The largest absolute Gasteiger partial charge is 0.516 e. The standard InChI is InChI=1S/C43H53N3O8/c1-7-10-11-12-16-35(8-2)41(36(9-3)17-13-25-47)32(4)18-20-34(6)54-30-29-53-28-15-27-52-26-14-24-44-33(5)19-21-37-31-40(49)46(43(37)51)38-22-23-39(48)45-42(38)50/h7,9-13,16-21,25,31,38,44,47H,1,3-6,8,14-15,22-24,26-30H2,2H3,(H,45,48,50)/b11-10-,16-12+,20-18-,21-19-,25-13+,36-17+,41-35+. The van der Waals surface area contributed by atoms with Crippen molar-refractivity contribution in [2.24, 2.45) is 0 Å². The fourth-order valence-electron chi connectivity index (χ4n) is 5.21. The van der Waals surface area contributed by atoms with Crippen molar-refractivity contribution in [2.45, 2.75) is 45.1 Å². The lowest BCUT2D eigenvalue weighted by molar-refractivity contribution is -0.149. The molecule has 0 spiro atoms. The van der Waals surface area contributed by atoms with Crippen molar-refractivity contribution in [2.75, 3.05) is 39.6 Å². The van der Waals surface area contributed by atoms with Gasteiger partial charge in [0.05, 0.1) is 12.9 Å². The number of piperidine rings is 1. The maximum Gasteiger partial charge on any atom is 0.261 e. The Labute approximate surface area is 319 Å². The van der Waals surface area contributed by atoms with Crippen LogP contribution < -0.4 is 10.6 Å². The molecule has 3 N–H and O–H groups in total. The Balaban J connectivity index is 1.63. The number of aliphatic hydroxyl groups is 1. The second-order valence-corrected chi connectivity index (χ2v) is 11.9. The first-order chi connectivity index (χ1) is 26.1. The molecule has 11 nitrogen and oxygen atoms in total. The number of hydrogen-bond acceptors (Lipinski definition) is 9. The van der Waals surface area contributed by atoms with E-state index >= 15 is 0 Å². The number of carbonyl (C=O) groups is 4. The van der Waals surface area contributed by atoms with Gasteiger partial charge in [0.15, 0.2) is 0 Å². The van der Waals surface area contributed by atoms with Crippen LogP contribution in [0.2, 0.25) is 0 Å². The van der Waals surface area contributed by atoms with E-state index in [1.165, 1.54) is 18.2 Å². The zero-order chi connectivity index (χ0) is 39.7. The van der Waals surface area contributed by atoms with Gasteiger partial charge in [-0.15, -0.1) is 0 Å². The van der Waals surface area contributed by atoms with Crippen LogP contribution in [0, 0.1) is 0 Å². The molecule has 2 rings (SSSR count). The number of carbonyl (C=O) groups excluding carboxylic acids is 4. The highest BCUT2D eigenvalue weighted by Gasteiger charge is 2.41. The minimum Gasteiger partial charge on any atom is -0.516 e. The van der Waals surface area contributed by atoms with Gasteiger partial charge in [0.1, 0.15) is 18.4 Å². The third kappa shape index (κ3) is 15.4. The summed E-state index contributed by atoms with van der Waals surface area (Å²) in [5.74, 6) is -1.77. The quantitative estimate of drug-likeness (QED) is 0.0398. The third-order valence-electron chi connectivity index (χ3n) is 7.90. The fourth-order valence-corrected chi connectivity index (χ4v) is 5.21. The van der Waals surface area contributed by atoms with Crippen LogP contribution >= 0.6 is 0 Å². The highest BCUT2D eigenvalue weighted by Crippen LogP contribution is 2.28. The Morgan fingerprint density at radius 1 is 0.944 bits per heavy atom. The SMILES string of the molecule is C=C\C=C/C=C/C(CC)=C(C(=C)/C=C\C(=C)OCCOCCCOCCCNC(=C)/C=C\C1=CC(=O)N(C2CCC(=O)NC2=O)C1=O)/C(C=C)=C/C=C/O. The lowest BCUT2D eigenvalue weighted by Gasteiger charge is -2.28. The maximum atomic E-state index is 12.7. The summed E-state index contributed by atoms with van der Waals surface area (Å²) >= 11 is 0. The monoisotopic (exact) mass is 739 g/mol. The summed E-state index contributed by atoms with van der Waals surface area (Å²) in [6.45, 7) is 24.7. The second kappa shape index (κ2) is 25.2. The van der Waals surface area contributed by atoms with Crippen LogP contribution in [0.3, 0.4) is 0 Å². The van der Waals surface area contributed by atoms with Gasteiger partial charge in [-0.2, -0.15) is 0 Å². The van der Waals surface area contributed by atoms with E-state index in [1.54, 1.807) is 30.4 Å². The molecule has 2 aliphatic rings.